The molecule has 0 N–H and O–H groups in total. The van der Waals surface area contributed by atoms with Gasteiger partial charge in [-0.15, -0.1) is 0 Å². The lowest BCUT2D eigenvalue weighted by Gasteiger charge is -2.34. The second-order valence-corrected chi connectivity index (χ2v) is 9.48. The molecule has 8 heteroatoms. The number of hydrogen-bond donors (Lipinski definition) is 0. The molecule has 26 heavy (non-hydrogen) atoms. The largest absolute Gasteiger partial charge is 0.342 e. The Hall–Kier alpha value is -2.09. The van der Waals surface area contributed by atoms with E-state index in [1.807, 2.05) is 24.0 Å². The number of nitrogens with zero attached hydrogens (tertiary/aromatic N) is 4. The van der Waals surface area contributed by atoms with E-state index in [-0.39, 0.29) is 29.2 Å². The minimum Gasteiger partial charge on any atom is -0.342 e. The van der Waals surface area contributed by atoms with Crippen molar-refractivity contribution < 1.29 is 13.2 Å². The smallest absolute Gasteiger partial charge is 0.226 e. The number of rotatable bonds is 2. The van der Waals surface area contributed by atoms with E-state index in [1.165, 1.54) is 0 Å². The molecule has 1 amide bonds. The minimum atomic E-state index is -3.06. The third-order valence-corrected chi connectivity index (χ3v) is 7.08. The predicted octanol–water partition coefficient (Wildman–Crippen LogP) is 1.47. The van der Waals surface area contributed by atoms with Gasteiger partial charge in [0.05, 0.1) is 23.1 Å². The number of pyridine rings is 1. The maximum Gasteiger partial charge on any atom is 0.226 e. The summed E-state index contributed by atoms with van der Waals surface area (Å²) in [5, 5.41) is 0.931. The summed E-state index contributed by atoms with van der Waals surface area (Å²) in [6.07, 6.45) is 4.01. The molecule has 2 aromatic rings. The Morgan fingerprint density at radius 1 is 1.27 bits per heavy atom. The number of carbonyl (C=O) groups is 1. The highest BCUT2D eigenvalue weighted by molar-refractivity contribution is 7.91. The van der Waals surface area contributed by atoms with E-state index in [2.05, 4.69) is 15.0 Å². The quantitative estimate of drug-likeness (QED) is 0.790. The number of piperidine rings is 1. The van der Waals surface area contributed by atoms with Crippen LogP contribution in [0.3, 0.4) is 0 Å². The summed E-state index contributed by atoms with van der Waals surface area (Å²) in [5.41, 5.74) is 1.62. The average Bonchev–Trinajstić information content (AvgIpc) is 3.00. The first-order valence-corrected chi connectivity index (χ1v) is 10.8. The van der Waals surface area contributed by atoms with Gasteiger partial charge in [-0.25, -0.2) is 23.4 Å². The van der Waals surface area contributed by atoms with E-state index < -0.39 is 9.84 Å². The van der Waals surface area contributed by atoms with Gasteiger partial charge in [0.25, 0.3) is 0 Å². The number of sulfone groups is 1. The van der Waals surface area contributed by atoms with Gasteiger partial charge in [0.2, 0.25) is 5.91 Å². The predicted molar refractivity (Wildman–Crippen MR) is 97.4 cm³/mol. The van der Waals surface area contributed by atoms with E-state index in [0.717, 1.165) is 23.9 Å². The van der Waals surface area contributed by atoms with Gasteiger partial charge < -0.3 is 4.90 Å². The Bertz CT molecular complexity index is 960. The molecule has 2 fully saturated rings. The topological polar surface area (TPSA) is 93.1 Å². The van der Waals surface area contributed by atoms with Crippen LogP contribution in [0.25, 0.3) is 11.0 Å². The van der Waals surface area contributed by atoms with Crippen molar-refractivity contribution in [1.29, 1.82) is 0 Å². The summed E-state index contributed by atoms with van der Waals surface area (Å²) in [7, 11) is -3.06. The molecule has 4 rings (SSSR count). The molecular weight excluding hydrogens is 352 g/mol. The lowest BCUT2D eigenvalue weighted by molar-refractivity contribution is -0.136. The van der Waals surface area contributed by atoms with Crippen molar-refractivity contribution in [3.63, 3.8) is 0 Å². The van der Waals surface area contributed by atoms with E-state index >= 15 is 0 Å². The second-order valence-electron chi connectivity index (χ2n) is 7.25. The summed E-state index contributed by atoms with van der Waals surface area (Å²) in [4.78, 5) is 28.0. The molecule has 0 saturated carbocycles. The normalized spacial score (nSPS) is 25.5. The number of hydrogen-bond acceptors (Lipinski definition) is 6. The van der Waals surface area contributed by atoms with Crippen molar-refractivity contribution in [3.05, 3.63) is 29.8 Å². The molecule has 2 aromatic heterocycles. The fourth-order valence-electron chi connectivity index (χ4n) is 4.06. The molecule has 2 atom stereocenters. The number of aryl methyl sites for hydroxylation is 1. The van der Waals surface area contributed by atoms with Gasteiger partial charge in [0, 0.05) is 30.6 Å². The van der Waals surface area contributed by atoms with Gasteiger partial charge in [-0.1, -0.05) is 0 Å². The van der Waals surface area contributed by atoms with Gasteiger partial charge in [-0.3, -0.25) is 4.79 Å². The first-order valence-electron chi connectivity index (χ1n) is 9.01. The Morgan fingerprint density at radius 3 is 2.88 bits per heavy atom. The lowest BCUT2D eigenvalue weighted by Crippen LogP contribution is -2.43. The molecule has 2 aliphatic heterocycles. The first-order chi connectivity index (χ1) is 12.4. The fourth-order valence-corrected chi connectivity index (χ4v) is 5.79. The van der Waals surface area contributed by atoms with Crippen molar-refractivity contribution in [2.75, 3.05) is 24.6 Å². The zero-order chi connectivity index (χ0) is 18.3. The summed E-state index contributed by atoms with van der Waals surface area (Å²) < 4.78 is 23.4. The third kappa shape index (κ3) is 3.30. The molecule has 4 heterocycles. The fraction of sp³-hybridized carbons (Fsp3) is 0.556. The SMILES string of the molecule is Cc1nc([C@H]2CCCN(C(=O)[C@@H]3CCS(=O)(=O)C3)C2)c2cccnc2n1. The Kier molecular flexibility index (Phi) is 4.38. The number of carbonyl (C=O) groups excluding carboxylic acids is 1. The molecule has 0 radical (unpaired) electrons. The van der Waals surface area contributed by atoms with Crippen LogP contribution in [-0.4, -0.2) is 58.8 Å². The summed E-state index contributed by atoms with van der Waals surface area (Å²) in [5.74, 6) is 0.512. The van der Waals surface area contributed by atoms with Crippen LogP contribution >= 0.6 is 0 Å². The van der Waals surface area contributed by atoms with Gasteiger partial charge in [-0.2, -0.15) is 0 Å². The van der Waals surface area contributed by atoms with E-state index in [9.17, 15) is 13.2 Å². The Labute approximate surface area is 152 Å². The molecule has 0 bridgehead atoms. The van der Waals surface area contributed by atoms with Crippen molar-refractivity contribution >= 4 is 26.8 Å². The van der Waals surface area contributed by atoms with Crippen LogP contribution in [0.1, 0.15) is 36.7 Å². The van der Waals surface area contributed by atoms with Crippen LogP contribution in [0.2, 0.25) is 0 Å². The van der Waals surface area contributed by atoms with E-state index in [0.29, 0.717) is 31.0 Å². The Balaban J connectivity index is 1.59. The number of aromatic nitrogens is 3. The third-order valence-electron chi connectivity index (χ3n) is 5.31. The summed E-state index contributed by atoms with van der Waals surface area (Å²) in [6, 6.07) is 3.85. The molecule has 2 aliphatic rings. The molecule has 7 nitrogen and oxygen atoms in total. The number of likely N-dealkylation sites (tertiary alicyclic amines) is 1. The molecule has 2 saturated heterocycles. The summed E-state index contributed by atoms with van der Waals surface area (Å²) in [6.45, 7) is 3.12. The molecular formula is C18H22N4O3S. The van der Waals surface area contributed by atoms with E-state index in [4.69, 9.17) is 0 Å². The highest BCUT2D eigenvalue weighted by atomic mass is 32.2. The molecule has 0 aromatic carbocycles. The highest BCUT2D eigenvalue weighted by Gasteiger charge is 2.37. The van der Waals surface area contributed by atoms with Crippen LogP contribution in [0.15, 0.2) is 18.3 Å². The van der Waals surface area contributed by atoms with Crippen molar-refractivity contribution in [2.24, 2.45) is 5.92 Å². The van der Waals surface area contributed by atoms with Crippen molar-refractivity contribution in [3.8, 4) is 0 Å². The minimum absolute atomic E-state index is 0.00747. The van der Waals surface area contributed by atoms with Gasteiger partial charge in [-0.05, 0) is 38.3 Å². The standard InChI is InChI=1S/C18H22N4O3S/c1-12-20-16(15-5-2-7-19-17(15)21-12)13-4-3-8-22(10-13)18(23)14-6-9-26(24,25)11-14/h2,5,7,13-14H,3-4,6,8-11H2,1H3/t13-,14+/m0/s1. The van der Waals surface area contributed by atoms with E-state index in [1.54, 1.807) is 6.20 Å². The van der Waals surface area contributed by atoms with Gasteiger partial charge >= 0.3 is 0 Å². The Morgan fingerprint density at radius 2 is 2.12 bits per heavy atom. The van der Waals surface area contributed by atoms with Crippen LogP contribution in [-0.2, 0) is 14.6 Å². The summed E-state index contributed by atoms with van der Waals surface area (Å²) >= 11 is 0. The lowest BCUT2D eigenvalue weighted by atomic mass is 9.91. The molecule has 0 aliphatic carbocycles. The molecule has 0 spiro atoms. The maximum atomic E-state index is 12.8. The monoisotopic (exact) mass is 374 g/mol. The zero-order valence-corrected chi connectivity index (χ0v) is 15.6. The second kappa shape index (κ2) is 6.57. The highest BCUT2D eigenvalue weighted by Crippen LogP contribution is 2.31. The van der Waals surface area contributed by atoms with Crippen molar-refractivity contribution in [2.45, 2.75) is 32.1 Å². The first kappa shape index (κ1) is 17.3. The molecule has 138 valence electrons. The average molecular weight is 374 g/mol. The van der Waals surface area contributed by atoms with Gasteiger partial charge in [0.1, 0.15) is 5.82 Å². The number of amides is 1. The van der Waals surface area contributed by atoms with Crippen LogP contribution < -0.4 is 0 Å². The van der Waals surface area contributed by atoms with Crippen LogP contribution in [0.5, 0.6) is 0 Å². The number of fused-ring (bicyclic) bond motifs is 1. The van der Waals surface area contributed by atoms with Crippen LogP contribution in [0, 0.1) is 12.8 Å². The zero-order valence-electron chi connectivity index (χ0n) is 14.8. The van der Waals surface area contributed by atoms with Gasteiger partial charge in [0.15, 0.2) is 15.5 Å². The van der Waals surface area contributed by atoms with Crippen molar-refractivity contribution in [1.82, 2.24) is 19.9 Å². The van der Waals surface area contributed by atoms with Crippen LogP contribution in [0.4, 0.5) is 0 Å². The maximum absolute atomic E-state index is 12.8. The molecule has 0 unspecified atom stereocenters.